The number of rotatable bonds is 0. The second-order valence-corrected chi connectivity index (χ2v) is 8.42. The molecular weight excluding hydrogens is 272 g/mol. The number of aryl methyl sites for hydroxylation is 2. The van der Waals surface area contributed by atoms with E-state index in [1.54, 1.807) is 9.75 Å². The van der Waals surface area contributed by atoms with Crippen molar-refractivity contribution < 1.29 is 0 Å². The van der Waals surface area contributed by atoms with Gasteiger partial charge in [-0.3, -0.25) is 0 Å². The molecule has 0 spiro atoms. The minimum Gasteiger partial charge on any atom is -0.145 e. The van der Waals surface area contributed by atoms with Crippen LogP contribution in [-0.2, 0) is 25.7 Å². The van der Waals surface area contributed by atoms with Crippen LogP contribution in [0.3, 0.4) is 0 Å². The predicted octanol–water partition coefficient (Wildman–Crippen LogP) is 5.69. The van der Waals surface area contributed by atoms with E-state index in [1.165, 1.54) is 77.0 Å². The van der Waals surface area contributed by atoms with Crippen molar-refractivity contribution in [3.8, 4) is 0 Å². The summed E-state index contributed by atoms with van der Waals surface area (Å²) in [5, 5.41) is 0. The van der Waals surface area contributed by atoms with Crippen LogP contribution in [0.15, 0.2) is 22.3 Å². The van der Waals surface area contributed by atoms with Crippen molar-refractivity contribution in [2.45, 2.75) is 77.0 Å². The van der Waals surface area contributed by atoms with E-state index >= 15 is 0 Å². The van der Waals surface area contributed by atoms with Gasteiger partial charge >= 0.3 is 0 Å². The van der Waals surface area contributed by atoms with Crippen molar-refractivity contribution in [3.63, 3.8) is 0 Å². The number of fused-ring (bicyclic) bond motifs is 4. The van der Waals surface area contributed by atoms with Crippen molar-refractivity contribution in [2.75, 3.05) is 0 Å². The van der Waals surface area contributed by atoms with E-state index in [2.05, 4.69) is 11.3 Å². The zero-order chi connectivity index (χ0) is 13.8. The summed E-state index contributed by atoms with van der Waals surface area (Å²) < 4.78 is 0. The highest BCUT2D eigenvalue weighted by Gasteiger charge is 2.31. The van der Waals surface area contributed by atoms with Gasteiger partial charge in [-0.15, -0.1) is 11.3 Å². The Bertz CT molecular complexity index is 614. The fraction of sp³-hybridized carbons (Fsp3) is 0.600. The Hall–Kier alpha value is -0.820. The normalized spacial score (nSPS) is 24.4. The van der Waals surface area contributed by atoms with E-state index in [4.69, 9.17) is 0 Å². The molecule has 1 aromatic heterocycles. The zero-order valence-corrected chi connectivity index (χ0v) is 13.7. The average Bonchev–Trinajstić information content (AvgIpc) is 2.81. The summed E-state index contributed by atoms with van der Waals surface area (Å²) in [6, 6.07) is 0. The van der Waals surface area contributed by atoms with Gasteiger partial charge in [-0.1, -0.05) is 0 Å². The van der Waals surface area contributed by atoms with Gasteiger partial charge in [-0.05, 0) is 110 Å². The number of hydrogen-bond donors (Lipinski definition) is 0. The van der Waals surface area contributed by atoms with Crippen molar-refractivity contribution in [3.05, 3.63) is 43.2 Å². The average molecular weight is 296 g/mol. The number of allylic oxidation sites excluding steroid dienone is 4. The number of thiophene rings is 1. The fourth-order valence-electron chi connectivity index (χ4n) is 5.20. The van der Waals surface area contributed by atoms with Crippen LogP contribution < -0.4 is 0 Å². The van der Waals surface area contributed by atoms with Crippen LogP contribution in [0.5, 0.6) is 0 Å². The highest BCUT2D eigenvalue weighted by atomic mass is 32.1. The molecule has 5 rings (SSSR count). The Morgan fingerprint density at radius 2 is 0.810 bits per heavy atom. The Balaban J connectivity index is 1.72. The summed E-state index contributed by atoms with van der Waals surface area (Å²) in [5.74, 6) is 0. The molecule has 1 aromatic rings. The van der Waals surface area contributed by atoms with Crippen molar-refractivity contribution in [2.24, 2.45) is 0 Å². The van der Waals surface area contributed by atoms with E-state index in [9.17, 15) is 0 Å². The van der Waals surface area contributed by atoms with Crippen LogP contribution in [-0.4, -0.2) is 0 Å². The summed E-state index contributed by atoms with van der Waals surface area (Å²) in [6.45, 7) is 0. The molecule has 0 saturated carbocycles. The Morgan fingerprint density at radius 3 is 1.24 bits per heavy atom. The van der Waals surface area contributed by atoms with E-state index in [0.717, 1.165) is 0 Å². The Labute approximate surface area is 132 Å². The molecule has 0 amide bonds. The fourth-order valence-corrected chi connectivity index (χ4v) is 6.69. The van der Waals surface area contributed by atoms with Gasteiger partial charge in [0.2, 0.25) is 0 Å². The Morgan fingerprint density at radius 1 is 0.429 bits per heavy atom. The lowest BCUT2D eigenvalue weighted by molar-refractivity contribution is 0.653. The second-order valence-electron chi connectivity index (χ2n) is 7.23. The molecule has 1 heteroatoms. The first-order chi connectivity index (χ1) is 10.4. The quantitative estimate of drug-likeness (QED) is 0.577. The van der Waals surface area contributed by atoms with E-state index in [1.807, 2.05) is 33.4 Å². The summed E-state index contributed by atoms with van der Waals surface area (Å²) in [5.41, 5.74) is 10.9. The van der Waals surface area contributed by atoms with Gasteiger partial charge in [0, 0.05) is 9.75 Å². The van der Waals surface area contributed by atoms with Crippen LogP contribution in [0.1, 0.15) is 72.2 Å². The van der Waals surface area contributed by atoms with Gasteiger partial charge in [0.25, 0.3) is 0 Å². The molecule has 110 valence electrons. The molecule has 4 aliphatic carbocycles. The molecule has 0 atom stereocenters. The third-order valence-corrected chi connectivity index (χ3v) is 7.50. The first-order valence-electron chi connectivity index (χ1n) is 8.99. The minimum atomic E-state index is 1.35. The van der Waals surface area contributed by atoms with Gasteiger partial charge < -0.3 is 0 Å². The van der Waals surface area contributed by atoms with E-state index in [-0.39, 0.29) is 0 Å². The molecule has 4 aliphatic rings. The highest BCUT2D eigenvalue weighted by Crippen LogP contribution is 2.48. The summed E-state index contributed by atoms with van der Waals surface area (Å²) in [7, 11) is 0. The molecule has 0 aliphatic heterocycles. The van der Waals surface area contributed by atoms with Crippen LogP contribution >= 0.6 is 11.3 Å². The van der Waals surface area contributed by atoms with E-state index < -0.39 is 0 Å². The van der Waals surface area contributed by atoms with Crippen molar-refractivity contribution >= 4 is 11.3 Å². The number of hydrogen-bond acceptors (Lipinski definition) is 1. The summed E-state index contributed by atoms with van der Waals surface area (Å²) in [4.78, 5) is 3.55. The van der Waals surface area contributed by atoms with Crippen LogP contribution in [0, 0.1) is 0 Å². The Kier molecular flexibility index (Phi) is 2.93. The predicted molar refractivity (Wildman–Crippen MR) is 90.1 cm³/mol. The first-order valence-corrected chi connectivity index (χ1v) is 9.80. The van der Waals surface area contributed by atoms with Gasteiger partial charge in [0.15, 0.2) is 0 Å². The minimum absolute atomic E-state index is 1.35. The van der Waals surface area contributed by atoms with Crippen molar-refractivity contribution in [1.29, 1.82) is 0 Å². The van der Waals surface area contributed by atoms with Gasteiger partial charge in [-0.25, -0.2) is 0 Å². The zero-order valence-electron chi connectivity index (χ0n) is 12.9. The SMILES string of the molecule is C1CC2=C3CCCc4sc(c5c4CCCC3=C2CCC5)C1. The molecule has 21 heavy (non-hydrogen) atoms. The molecule has 0 aromatic carbocycles. The molecule has 0 unspecified atom stereocenters. The maximum atomic E-state index is 2.20. The third kappa shape index (κ3) is 1.86. The van der Waals surface area contributed by atoms with E-state index in [0.29, 0.717) is 0 Å². The molecule has 0 fully saturated rings. The van der Waals surface area contributed by atoms with Crippen molar-refractivity contribution in [1.82, 2.24) is 0 Å². The summed E-state index contributed by atoms with van der Waals surface area (Å²) >= 11 is 2.20. The molecular formula is C20H24S. The van der Waals surface area contributed by atoms with Gasteiger partial charge in [0.05, 0.1) is 0 Å². The standard InChI is InChI=1S/C20H24S/c1-5-13-14-6-2-10-18-17(9-1)19-11-3-7-15(13)16(14)8-4-12-20(18)21-19/h1-12H2. The maximum absolute atomic E-state index is 2.20. The van der Waals surface area contributed by atoms with Gasteiger partial charge in [-0.2, -0.15) is 0 Å². The van der Waals surface area contributed by atoms with Crippen LogP contribution in [0.4, 0.5) is 0 Å². The monoisotopic (exact) mass is 296 g/mol. The summed E-state index contributed by atoms with van der Waals surface area (Å²) in [6.07, 6.45) is 16.5. The lowest BCUT2D eigenvalue weighted by atomic mass is 9.70. The highest BCUT2D eigenvalue weighted by molar-refractivity contribution is 7.12. The maximum Gasteiger partial charge on any atom is 0.00831 e. The lowest BCUT2D eigenvalue weighted by Crippen LogP contribution is -2.17. The lowest BCUT2D eigenvalue weighted by Gasteiger charge is -2.34. The molecule has 4 bridgehead atoms. The smallest absolute Gasteiger partial charge is 0.00831 e. The second kappa shape index (κ2) is 4.84. The molecule has 1 heterocycles. The van der Waals surface area contributed by atoms with Gasteiger partial charge in [0.1, 0.15) is 0 Å². The molecule has 0 N–H and O–H groups in total. The molecule has 0 saturated heterocycles. The third-order valence-electron chi connectivity index (χ3n) is 6.11. The molecule has 0 radical (unpaired) electrons. The first kappa shape index (κ1) is 12.7. The van der Waals surface area contributed by atoms with Crippen LogP contribution in [0.2, 0.25) is 0 Å². The van der Waals surface area contributed by atoms with Crippen LogP contribution in [0.25, 0.3) is 0 Å². The largest absolute Gasteiger partial charge is 0.145 e. The molecule has 0 nitrogen and oxygen atoms in total. The topological polar surface area (TPSA) is 0 Å².